The van der Waals surface area contributed by atoms with Crippen molar-refractivity contribution >= 4 is 15.7 Å². The Morgan fingerprint density at radius 2 is 1.46 bits per heavy atom. The van der Waals surface area contributed by atoms with Gasteiger partial charge in [0.15, 0.2) is 0 Å². The maximum absolute atomic E-state index is 12.9. The third kappa shape index (κ3) is 4.19. The Morgan fingerprint density at radius 1 is 0.885 bits per heavy atom. The number of rotatable bonds is 5. The van der Waals surface area contributed by atoms with Gasteiger partial charge in [0.2, 0.25) is 10.0 Å². The molecule has 6 heteroatoms. The van der Waals surface area contributed by atoms with E-state index in [1.807, 2.05) is 13.8 Å². The summed E-state index contributed by atoms with van der Waals surface area (Å²) in [4.78, 5) is 2.54. The van der Waals surface area contributed by atoms with Gasteiger partial charge in [0, 0.05) is 31.9 Å². The van der Waals surface area contributed by atoms with Crippen LogP contribution in [0, 0.1) is 6.92 Å². The molecule has 0 N–H and O–H groups in total. The molecule has 5 nitrogen and oxygen atoms in total. The van der Waals surface area contributed by atoms with Crippen LogP contribution in [0.15, 0.2) is 53.4 Å². The van der Waals surface area contributed by atoms with Crippen molar-refractivity contribution in [3.63, 3.8) is 0 Å². The van der Waals surface area contributed by atoms with Gasteiger partial charge in [-0.15, -0.1) is 0 Å². The van der Waals surface area contributed by atoms with Crippen LogP contribution in [0.4, 0.5) is 5.69 Å². The molecule has 0 radical (unpaired) electrons. The number of ether oxygens (including phenoxy) is 1. The number of nitrogens with zero attached hydrogens (tertiary/aromatic N) is 2. The van der Waals surface area contributed by atoms with E-state index in [0.29, 0.717) is 36.8 Å². The van der Waals surface area contributed by atoms with E-state index in [9.17, 15) is 8.42 Å². The lowest BCUT2D eigenvalue weighted by Gasteiger charge is -2.35. The van der Waals surface area contributed by atoms with Crippen LogP contribution >= 0.6 is 0 Å². The van der Waals surface area contributed by atoms with Crippen LogP contribution in [0.5, 0.6) is 5.75 Å². The predicted molar refractivity (Wildman–Crippen MR) is 104 cm³/mol. The van der Waals surface area contributed by atoms with Gasteiger partial charge in [-0.05, 0) is 57.2 Å². The highest BCUT2D eigenvalue weighted by atomic mass is 32.2. The van der Waals surface area contributed by atoms with E-state index in [4.69, 9.17) is 4.74 Å². The Balaban J connectivity index is 1.66. The van der Waals surface area contributed by atoms with Crippen molar-refractivity contribution in [2.24, 2.45) is 0 Å². The molecule has 2 aromatic carbocycles. The number of benzene rings is 2. The predicted octanol–water partition coefficient (Wildman–Crippen LogP) is 3.29. The molecule has 0 spiro atoms. The molecule has 0 amide bonds. The first-order valence-electron chi connectivity index (χ1n) is 8.95. The van der Waals surface area contributed by atoms with Crippen molar-refractivity contribution in [2.45, 2.75) is 31.8 Å². The Labute approximate surface area is 156 Å². The second-order valence-electron chi connectivity index (χ2n) is 6.86. The molecular formula is C20H26N2O3S. The van der Waals surface area contributed by atoms with Gasteiger partial charge >= 0.3 is 0 Å². The van der Waals surface area contributed by atoms with Crippen LogP contribution in [-0.4, -0.2) is 45.0 Å². The van der Waals surface area contributed by atoms with Crippen molar-refractivity contribution in [3.8, 4) is 5.75 Å². The van der Waals surface area contributed by atoms with Gasteiger partial charge < -0.3 is 9.64 Å². The summed E-state index contributed by atoms with van der Waals surface area (Å²) in [7, 11) is -3.47. The van der Waals surface area contributed by atoms with E-state index in [2.05, 4.69) is 36.1 Å². The summed E-state index contributed by atoms with van der Waals surface area (Å²) in [6.07, 6.45) is 0.0623. The van der Waals surface area contributed by atoms with Crippen molar-refractivity contribution in [3.05, 3.63) is 54.1 Å². The zero-order valence-corrected chi connectivity index (χ0v) is 16.4. The highest BCUT2D eigenvalue weighted by Gasteiger charge is 2.28. The molecule has 0 atom stereocenters. The average Bonchev–Trinajstić information content (AvgIpc) is 2.62. The van der Waals surface area contributed by atoms with E-state index >= 15 is 0 Å². The minimum Gasteiger partial charge on any atom is -0.491 e. The Hall–Kier alpha value is -2.05. The number of hydrogen-bond acceptors (Lipinski definition) is 4. The quantitative estimate of drug-likeness (QED) is 0.806. The Bertz CT molecular complexity index is 822. The van der Waals surface area contributed by atoms with Crippen LogP contribution in [0.1, 0.15) is 19.4 Å². The second kappa shape index (κ2) is 7.68. The molecule has 1 saturated heterocycles. The van der Waals surface area contributed by atoms with E-state index in [1.54, 1.807) is 28.6 Å². The van der Waals surface area contributed by atoms with Gasteiger partial charge in [-0.2, -0.15) is 4.31 Å². The number of hydrogen-bond donors (Lipinski definition) is 0. The first-order chi connectivity index (χ1) is 12.4. The molecule has 0 bridgehead atoms. The molecule has 1 heterocycles. The van der Waals surface area contributed by atoms with Gasteiger partial charge in [-0.25, -0.2) is 8.42 Å². The Morgan fingerprint density at radius 3 is 2.00 bits per heavy atom. The molecule has 1 fully saturated rings. The number of sulfonamides is 1. The minimum atomic E-state index is -3.47. The van der Waals surface area contributed by atoms with Crippen LogP contribution in [-0.2, 0) is 10.0 Å². The van der Waals surface area contributed by atoms with Crippen molar-refractivity contribution < 1.29 is 13.2 Å². The molecule has 140 valence electrons. The standard InChI is InChI=1S/C20H26N2O3S/c1-16(2)25-19-8-10-20(11-9-19)26(23,24)22-14-12-21(13-15-22)18-6-4-17(3)5-7-18/h4-11,16H,12-15H2,1-3H3. The van der Waals surface area contributed by atoms with Crippen molar-refractivity contribution in [2.75, 3.05) is 31.1 Å². The topological polar surface area (TPSA) is 49.9 Å². The summed E-state index contributed by atoms with van der Waals surface area (Å²) < 4.78 is 32.9. The fourth-order valence-electron chi connectivity index (χ4n) is 3.05. The highest BCUT2D eigenvalue weighted by molar-refractivity contribution is 7.89. The van der Waals surface area contributed by atoms with Crippen molar-refractivity contribution in [1.29, 1.82) is 0 Å². The molecule has 2 aromatic rings. The summed E-state index contributed by atoms with van der Waals surface area (Å²) in [5.74, 6) is 0.683. The van der Waals surface area contributed by atoms with Gasteiger partial charge in [0.1, 0.15) is 5.75 Å². The summed E-state index contributed by atoms with van der Waals surface area (Å²) in [5, 5.41) is 0. The van der Waals surface area contributed by atoms with E-state index in [-0.39, 0.29) is 6.10 Å². The summed E-state index contributed by atoms with van der Waals surface area (Å²) in [5.41, 5.74) is 2.36. The molecule has 0 saturated carbocycles. The maximum Gasteiger partial charge on any atom is 0.243 e. The molecular weight excluding hydrogens is 348 g/mol. The van der Waals surface area contributed by atoms with E-state index in [1.165, 1.54) is 5.56 Å². The van der Waals surface area contributed by atoms with E-state index in [0.717, 1.165) is 5.69 Å². The zero-order chi connectivity index (χ0) is 18.7. The van der Waals surface area contributed by atoms with Gasteiger partial charge in [0.25, 0.3) is 0 Å². The van der Waals surface area contributed by atoms with E-state index < -0.39 is 10.0 Å². The maximum atomic E-state index is 12.9. The van der Waals surface area contributed by atoms with Gasteiger partial charge in [-0.3, -0.25) is 0 Å². The van der Waals surface area contributed by atoms with Gasteiger partial charge in [-0.1, -0.05) is 17.7 Å². The third-order valence-corrected chi connectivity index (χ3v) is 6.38. The Kier molecular flexibility index (Phi) is 5.53. The first kappa shape index (κ1) is 18.7. The monoisotopic (exact) mass is 374 g/mol. The summed E-state index contributed by atoms with van der Waals surface area (Å²) in [6, 6.07) is 15.0. The highest BCUT2D eigenvalue weighted by Crippen LogP contribution is 2.23. The van der Waals surface area contributed by atoms with Crippen LogP contribution < -0.4 is 9.64 Å². The minimum absolute atomic E-state index is 0.0623. The SMILES string of the molecule is Cc1ccc(N2CCN(S(=O)(=O)c3ccc(OC(C)C)cc3)CC2)cc1. The number of piperazine rings is 1. The lowest BCUT2D eigenvalue weighted by atomic mass is 10.2. The zero-order valence-electron chi connectivity index (χ0n) is 15.6. The molecule has 0 aliphatic carbocycles. The second-order valence-corrected chi connectivity index (χ2v) is 8.80. The molecule has 3 rings (SSSR count). The van der Waals surface area contributed by atoms with Gasteiger partial charge in [0.05, 0.1) is 11.0 Å². The lowest BCUT2D eigenvalue weighted by Crippen LogP contribution is -2.48. The largest absolute Gasteiger partial charge is 0.491 e. The lowest BCUT2D eigenvalue weighted by molar-refractivity contribution is 0.242. The molecule has 26 heavy (non-hydrogen) atoms. The average molecular weight is 375 g/mol. The molecule has 0 unspecified atom stereocenters. The number of aryl methyl sites for hydroxylation is 1. The number of anilines is 1. The smallest absolute Gasteiger partial charge is 0.243 e. The third-order valence-electron chi connectivity index (χ3n) is 4.47. The van der Waals surface area contributed by atoms with Crippen molar-refractivity contribution in [1.82, 2.24) is 4.31 Å². The summed E-state index contributed by atoms with van der Waals surface area (Å²) in [6.45, 7) is 8.30. The van der Waals surface area contributed by atoms with Crippen LogP contribution in [0.3, 0.4) is 0 Å². The molecule has 0 aromatic heterocycles. The normalized spacial score (nSPS) is 16.1. The van der Waals surface area contributed by atoms with Crippen LogP contribution in [0.2, 0.25) is 0 Å². The molecule has 1 aliphatic heterocycles. The fourth-order valence-corrected chi connectivity index (χ4v) is 4.48. The fraction of sp³-hybridized carbons (Fsp3) is 0.400. The van der Waals surface area contributed by atoms with Crippen LogP contribution in [0.25, 0.3) is 0 Å². The summed E-state index contributed by atoms with van der Waals surface area (Å²) >= 11 is 0. The first-order valence-corrected chi connectivity index (χ1v) is 10.4. The molecule has 1 aliphatic rings.